The monoisotopic (exact) mass is 359 g/mol. The number of likely N-dealkylation sites (tertiary alicyclic amines) is 1. The maximum atomic E-state index is 12.8. The van der Waals surface area contributed by atoms with E-state index in [9.17, 15) is 19.2 Å². The van der Waals surface area contributed by atoms with Crippen molar-refractivity contribution in [3.63, 3.8) is 0 Å². The first-order valence-electron chi connectivity index (χ1n) is 8.44. The van der Waals surface area contributed by atoms with Gasteiger partial charge in [-0.2, -0.15) is 0 Å². The fourth-order valence-electron chi connectivity index (χ4n) is 3.35. The zero-order chi connectivity index (χ0) is 19.1. The molecule has 0 unspecified atom stereocenters. The van der Waals surface area contributed by atoms with Crippen LogP contribution < -0.4 is 5.32 Å². The summed E-state index contributed by atoms with van der Waals surface area (Å²) in [7, 11) is 0. The Bertz CT molecular complexity index is 776. The summed E-state index contributed by atoms with van der Waals surface area (Å²) in [5.41, 5.74) is 0.450. The number of nitrogens with one attached hydrogen (secondary N) is 1. The van der Waals surface area contributed by atoms with Gasteiger partial charge >= 0.3 is 12.0 Å². The Morgan fingerprint density at radius 1 is 1.27 bits per heavy atom. The Hall–Kier alpha value is -2.90. The van der Waals surface area contributed by atoms with Crippen LogP contribution in [0.25, 0.3) is 0 Å². The van der Waals surface area contributed by atoms with Crippen LogP contribution in [0.15, 0.2) is 24.3 Å². The first-order chi connectivity index (χ1) is 12.2. The molecule has 8 heteroatoms. The Balaban J connectivity index is 1.72. The number of carbonyl (C=O) groups is 4. The molecule has 4 amide bonds. The van der Waals surface area contributed by atoms with E-state index >= 15 is 0 Å². The smallest absolute Gasteiger partial charge is 0.325 e. The molecule has 26 heavy (non-hydrogen) atoms. The summed E-state index contributed by atoms with van der Waals surface area (Å²) in [6, 6.07) is 6.63. The lowest BCUT2D eigenvalue weighted by Crippen LogP contribution is -2.44. The molecule has 2 saturated heterocycles. The Labute approximate surface area is 150 Å². The molecular formula is C18H21N3O5. The molecule has 3 rings (SSSR count). The van der Waals surface area contributed by atoms with E-state index in [-0.39, 0.29) is 6.54 Å². The van der Waals surface area contributed by atoms with E-state index in [1.54, 1.807) is 19.1 Å². The molecule has 0 spiro atoms. The number of nitrogens with zero attached hydrogens (tertiary/aromatic N) is 2. The molecule has 2 N–H and O–H groups in total. The summed E-state index contributed by atoms with van der Waals surface area (Å²) in [5, 5.41) is 11.7. The fourth-order valence-corrected chi connectivity index (χ4v) is 3.35. The molecule has 2 aliphatic rings. The second-order valence-electron chi connectivity index (χ2n) is 6.98. The van der Waals surface area contributed by atoms with Crippen molar-refractivity contribution >= 4 is 23.8 Å². The number of aliphatic carboxylic acids is 1. The average molecular weight is 359 g/mol. The Kier molecular flexibility index (Phi) is 4.43. The van der Waals surface area contributed by atoms with Crippen LogP contribution in [0.4, 0.5) is 4.79 Å². The summed E-state index contributed by atoms with van der Waals surface area (Å²) in [6.45, 7) is 3.56. The molecule has 138 valence electrons. The molecule has 2 atom stereocenters. The number of amides is 4. The van der Waals surface area contributed by atoms with Gasteiger partial charge in [0, 0.05) is 13.1 Å². The molecule has 8 nitrogen and oxygen atoms in total. The fraction of sp³-hybridized carbons (Fsp3) is 0.444. The SMILES string of the molecule is Cc1ccc([C@]2(C)NC(=O)N(CC(=O)N3CC[C@@H](C(=O)O)C3)C2=O)cc1. The van der Waals surface area contributed by atoms with E-state index in [1.807, 2.05) is 19.1 Å². The van der Waals surface area contributed by atoms with Gasteiger partial charge in [0.15, 0.2) is 0 Å². The minimum atomic E-state index is -1.22. The largest absolute Gasteiger partial charge is 0.481 e. The van der Waals surface area contributed by atoms with E-state index in [1.165, 1.54) is 4.90 Å². The van der Waals surface area contributed by atoms with Crippen LogP contribution >= 0.6 is 0 Å². The van der Waals surface area contributed by atoms with Gasteiger partial charge in [-0.05, 0) is 25.8 Å². The van der Waals surface area contributed by atoms with Crippen LogP contribution in [0.5, 0.6) is 0 Å². The second kappa shape index (κ2) is 6.44. The van der Waals surface area contributed by atoms with Crippen molar-refractivity contribution in [2.24, 2.45) is 5.92 Å². The van der Waals surface area contributed by atoms with Crippen molar-refractivity contribution in [2.45, 2.75) is 25.8 Å². The third-order valence-electron chi connectivity index (χ3n) is 5.09. The minimum absolute atomic E-state index is 0.104. The van der Waals surface area contributed by atoms with Gasteiger partial charge in [0.05, 0.1) is 5.92 Å². The molecule has 2 aliphatic heterocycles. The van der Waals surface area contributed by atoms with Crippen LogP contribution in [0.2, 0.25) is 0 Å². The van der Waals surface area contributed by atoms with Crippen molar-refractivity contribution in [1.29, 1.82) is 0 Å². The van der Waals surface area contributed by atoms with Gasteiger partial charge < -0.3 is 15.3 Å². The lowest BCUT2D eigenvalue weighted by Gasteiger charge is -2.23. The number of carbonyl (C=O) groups excluding carboxylic acids is 3. The summed E-state index contributed by atoms with van der Waals surface area (Å²) < 4.78 is 0. The Morgan fingerprint density at radius 3 is 2.50 bits per heavy atom. The van der Waals surface area contributed by atoms with Crippen LogP contribution in [-0.2, 0) is 19.9 Å². The highest BCUT2D eigenvalue weighted by atomic mass is 16.4. The third-order valence-corrected chi connectivity index (χ3v) is 5.09. The molecule has 0 aromatic heterocycles. The number of carboxylic acids is 1. The molecular weight excluding hydrogens is 338 g/mol. The first-order valence-corrected chi connectivity index (χ1v) is 8.44. The van der Waals surface area contributed by atoms with Crippen molar-refractivity contribution in [2.75, 3.05) is 19.6 Å². The average Bonchev–Trinajstić information content (AvgIpc) is 3.16. The number of rotatable bonds is 4. The van der Waals surface area contributed by atoms with Gasteiger partial charge in [0.2, 0.25) is 5.91 Å². The number of urea groups is 1. The van der Waals surface area contributed by atoms with Crippen molar-refractivity contribution in [1.82, 2.24) is 15.1 Å². The molecule has 0 bridgehead atoms. The molecule has 0 radical (unpaired) electrons. The number of imide groups is 1. The van der Waals surface area contributed by atoms with Crippen LogP contribution in [0.1, 0.15) is 24.5 Å². The highest BCUT2D eigenvalue weighted by Gasteiger charge is 2.50. The normalized spacial score (nSPS) is 25.5. The number of aryl methyl sites for hydroxylation is 1. The summed E-state index contributed by atoms with van der Waals surface area (Å²) in [6.07, 6.45) is 0.377. The predicted molar refractivity (Wildman–Crippen MR) is 91.1 cm³/mol. The first kappa shape index (κ1) is 17.9. The van der Waals surface area contributed by atoms with Crippen molar-refractivity contribution < 1.29 is 24.3 Å². The minimum Gasteiger partial charge on any atom is -0.481 e. The zero-order valence-corrected chi connectivity index (χ0v) is 14.7. The number of carboxylic acid groups (broad SMARTS) is 1. The number of benzene rings is 1. The summed E-state index contributed by atoms with van der Waals surface area (Å²) in [4.78, 5) is 50.8. The van der Waals surface area contributed by atoms with Crippen LogP contribution in [-0.4, -0.2) is 58.4 Å². The lowest BCUT2D eigenvalue weighted by molar-refractivity contribution is -0.142. The van der Waals surface area contributed by atoms with E-state index in [0.29, 0.717) is 18.5 Å². The van der Waals surface area contributed by atoms with Crippen molar-refractivity contribution in [3.05, 3.63) is 35.4 Å². The maximum Gasteiger partial charge on any atom is 0.325 e. The van der Waals surface area contributed by atoms with Gasteiger partial charge in [0.1, 0.15) is 12.1 Å². The highest BCUT2D eigenvalue weighted by Crippen LogP contribution is 2.29. The molecule has 0 saturated carbocycles. The second-order valence-corrected chi connectivity index (χ2v) is 6.98. The molecule has 2 fully saturated rings. The lowest BCUT2D eigenvalue weighted by atomic mass is 9.91. The van der Waals surface area contributed by atoms with E-state index in [0.717, 1.165) is 10.5 Å². The van der Waals surface area contributed by atoms with E-state index < -0.39 is 41.8 Å². The number of hydrogen-bond donors (Lipinski definition) is 2. The summed E-state index contributed by atoms with van der Waals surface area (Å²) >= 11 is 0. The molecule has 1 aromatic rings. The quantitative estimate of drug-likeness (QED) is 0.770. The zero-order valence-electron chi connectivity index (χ0n) is 14.7. The number of hydrogen-bond acceptors (Lipinski definition) is 4. The Morgan fingerprint density at radius 2 is 1.92 bits per heavy atom. The molecule has 1 aromatic carbocycles. The molecule has 2 heterocycles. The van der Waals surface area contributed by atoms with Gasteiger partial charge in [-0.1, -0.05) is 29.8 Å². The standard InChI is InChI=1S/C18H21N3O5/c1-11-3-5-13(6-4-11)18(2)16(25)21(17(26)19-18)10-14(22)20-8-7-12(9-20)15(23)24/h3-6,12H,7-10H2,1-2H3,(H,19,26)(H,23,24)/t12-,18+/m1/s1. The van der Waals surface area contributed by atoms with Gasteiger partial charge in [-0.3, -0.25) is 19.3 Å². The van der Waals surface area contributed by atoms with E-state index in [4.69, 9.17) is 5.11 Å². The van der Waals surface area contributed by atoms with Crippen LogP contribution in [0, 0.1) is 12.8 Å². The van der Waals surface area contributed by atoms with Crippen LogP contribution in [0.3, 0.4) is 0 Å². The van der Waals surface area contributed by atoms with Crippen molar-refractivity contribution in [3.8, 4) is 0 Å². The van der Waals surface area contributed by atoms with Gasteiger partial charge in [-0.15, -0.1) is 0 Å². The topological polar surface area (TPSA) is 107 Å². The van der Waals surface area contributed by atoms with Gasteiger partial charge in [0.25, 0.3) is 5.91 Å². The maximum absolute atomic E-state index is 12.8. The van der Waals surface area contributed by atoms with E-state index in [2.05, 4.69) is 5.32 Å². The summed E-state index contributed by atoms with van der Waals surface area (Å²) in [5.74, 6) is -2.46. The third kappa shape index (κ3) is 3.02. The van der Waals surface area contributed by atoms with Gasteiger partial charge in [-0.25, -0.2) is 4.79 Å². The highest BCUT2D eigenvalue weighted by molar-refractivity contribution is 6.09. The molecule has 0 aliphatic carbocycles. The predicted octanol–water partition coefficient (Wildman–Crippen LogP) is 0.695.